The maximum Gasteiger partial charge on any atom is 0.259 e. The van der Waals surface area contributed by atoms with Gasteiger partial charge in [0.25, 0.3) is 5.91 Å². The molecule has 1 aromatic heterocycles. The zero-order valence-corrected chi connectivity index (χ0v) is 9.09. The summed E-state index contributed by atoms with van der Waals surface area (Å²) in [5.74, 6) is 0.190. The highest BCUT2D eigenvalue weighted by Gasteiger charge is 2.27. The Hall–Kier alpha value is -1.62. The van der Waals surface area contributed by atoms with Gasteiger partial charge in [-0.25, -0.2) is 4.98 Å². The average molecular weight is 222 g/mol. The van der Waals surface area contributed by atoms with Gasteiger partial charge in [0.1, 0.15) is 5.56 Å². The van der Waals surface area contributed by atoms with Crippen molar-refractivity contribution >= 4 is 5.91 Å². The molecule has 5 heteroatoms. The third-order valence-corrected chi connectivity index (χ3v) is 2.65. The van der Waals surface area contributed by atoms with Gasteiger partial charge in [0.2, 0.25) is 5.88 Å². The molecule has 2 rings (SSSR count). The third-order valence-electron chi connectivity index (χ3n) is 2.65. The molecule has 1 aliphatic rings. The van der Waals surface area contributed by atoms with E-state index < -0.39 is 6.10 Å². The first kappa shape index (κ1) is 10.9. The molecule has 1 aliphatic heterocycles. The summed E-state index contributed by atoms with van der Waals surface area (Å²) in [5, 5.41) is 9.38. The number of pyridine rings is 1. The van der Waals surface area contributed by atoms with Gasteiger partial charge in [0, 0.05) is 19.3 Å². The second-order valence-corrected chi connectivity index (χ2v) is 3.75. The van der Waals surface area contributed by atoms with Gasteiger partial charge in [-0.2, -0.15) is 0 Å². The number of β-amino-alcohol motifs (C(OH)–C–C–N with tert-alkyl or cyclic N) is 1. The lowest BCUT2D eigenvalue weighted by atomic mass is 10.2. The predicted molar refractivity (Wildman–Crippen MR) is 57.3 cm³/mol. The van der Waals surface area contributed by atoms with Crippen molar-refractivity contribution in [2.75, 3.05) is 20.2 Å². The van der Waals surface area contributed by atoms with Gasteiger partial charge >= 0.3 is 0 Å². The maximum absolute atomic E-state index is 12.1. The van der Waals surface area contributed by atoms with Gasteiger partial charge in [-0.1, -0.05) is 0 Å². The van der Waals surface area contributed by atoms with Crippen molar-refractivity contribution in [3.05, 3.63) is 23.9 Å². The van der Waals surface area contributed by atoms with Crippen LogP contribution < -0.4 is 4.74 Å². The first-order valence-corrected chi connectivity index (χ1v) is 5.18. The number of likely N-dealkylation sites (tertiary alicyclic amines) is 1. The average Bonchev–Trinajstić information content (AvgIpc) is 2.75. The first-order valence-electron chi connectivity index (χ1n) is 5.18. The lowest BCUT2D eigenvalue weighted by Crippen LogP contribution is -2.29. The minimum atomic E-state index is -0.411. The Bertz CT molecular complexity index is 395. The zero-order valence-electron chi connectivity index (χ0n) is 9.09. The van der Waals surface area contributed by atoms with Crippen LogP contribution in [0.2, 0.25) is 0 Å². The van der Waals surface area contributed by atoms with Crippen molar-refractivity contribution in [2.45, 2.75) is 12.5 Å². The maximum atomic E-state index is 12.1. The normalized spacial score (nSPS) is 19.9. The molecule has 86 valence electrons. The smallest absolute Gasteiger partial charge is 0.259 e. The Morgan fingerprint density at radius 3 is 3.12 bits per heavy atom. The summed E-state index contributed by atoms with van der Waals surface area (Å²) in [5.41, 5.74) is 0.444. The molecular weight excluding hydrogens is 208 g/mol. The highest BCUT2D eigenvalue weighted by atomic mass is 16.5. The number of aromatic nitrogens is 1. The van der Waals surface area contributed by atoms with E-state index in [1.807, 2.05) is 0 Å². The Morgan fingerprint density at radius 1 is 1.69 bits per heavy atom. The molecule has 0 aliphatic carbocycles. The fourth-order valence-corrected chi connectivity index (χ4v) is 1.81. The van der Waals surface area contributed by atoms with Crippen molar-refractivity contribution in [1.29, 1.82) is 0 Å². The SMILES string of the molecule is COc1ncccc1C(=O)N1CCC(O)C1. The van der Waals surface area contributed by atoms with E-state index in [9.17, 15) is 9.90 Å². The van der Waals surface area contributed by atoms with Crippen LogP contribution in [0, 0.1) is 0 Å². The number of carbonyl (C=O) groups is 1. The fourth-order valence-electron chi connectivity index (χ4n) is 1.81. The lowest BCUT2D eigenvalue weighted by molar-refractivity contribution is 0.0761. The molecule has 5 nitrogen and oxygen atoms in total. The Balaban J connectivity index is 2.20. The van der Waals surface area contributed by atoms with E-state index in [0.717, 1.165) is 0 Å². The first-order chi connectivity index (χ1) is 7.72. The van der Waals surface area contributed by atoms with Crippen molar-refractivity contribution in [3.63, 3.8) is 0 Å². The van der Waals surface area contributed by atoms with Crippen LogP contribution in [-0.2, 0) is 0 Å². The van der Waals surface area contributed by atoms with Gasteiger partial charge < -0.3 is 14.7 Å². The molecule has 1 saturated heterocycles. The number of nitrogens with zero attached hydrogens (tertiary/aromatic N) is 2. The van der Waals surface area contributed by atoms with Gasteiger partial charge in [-0.05, 0) is 18.6 Å². The van der Waals surface area contributed by atoms with Crippen molar-refractivity contribution in [3.8, 4) is 5.88 Å². The van der Waals surface area contributed by atoms with Gasteiger partial charge in [0.05, 0.1) is 13.2 Å². The number of amides is 1. The molecule has 0 aromatic carbocycles. The summed E-state index contributed by atoms with van der Waals surface area (Å²) in [6, 6.07) is 3.38. The van der Waals surface area contributed by atoms with Crippen molar-refractivity contribution < 1.29 is 14.6 Å². The van der Waals surface area contributed by atoms with Crippen LogP contribution in [-0.4, -0.2) is 47.2 Å². The van der Waals surface area contributed by atoms with Crippen LogP contribution in [0.5, 0.6) is 5.88 Å². The molecule has 1 amide bonds. The van der Waals surface area contributed by atoms with E-state index in [0.29, 0.717) is 31.0 Å². The van der Waals surface area contributed by atoms with Gasteiger partial charge in [-0.3, -0.25) is 4.79 Å². The molecule has 0 saturated carbocycles. The van der Waals surface area contributed by atoms with E-state index >= 15 is 0 Å². The third kappa shape index (κ3) is 1.99. The number of aliphatic hydroxyl groups excluding tert-OH is 1. The second-order valence-electron chi connectivity index (χ2n) is 3.75. The highest BCUT2D eigenvalue weighted by Crippen LogP contribution is 2.19. The molecule has 1 N–H and O–H groups in total. The summed E-state index contributed by atoms with van der Waals surface area (Å²) in [6.07, 6.45) is 1.80. The topological polar surface area (TPSA) is 62.7 Å². The lowest BCUT2D eigenvalue weighted by Gasteiger charge is -2.16. The number of ether oxygens (including phenoxy) is 1. The van der Waals surface area contributed by atoms with Crippen LogP contribution in [0.25, 0.3) is 0 Å². The molecule has 2 heterocycles. The molecule has 1 unspecified atom stereocenters. The van der Waals surface area contributed by atoms with E-state index in [2.05, 4.69) is 4.98 Å². The highest BCUT2D eigenvalue weighted by molar-refractivity contribution is 5.96. The fraction of sp³-hybridized carbons (Fsp3) is 0.455. The Labute approximate surface area is 93.7 Å². The van der Waals surface area contributed by atoms with E-state index in [1.165, 1.54) is 7.11 Å². The Morgan fingerprint density at radius 2 is 2.50 bits per heavy atom. The molecule has 0 radical (unpaired) electrons. The number of rotatable bonds is 2. The van der Waals surface area contributed by atoms with E-state index in [4.69, 9.17) is 4.74 Å². The number of carbonyl (C=O) groups excluding carboxylic acids is 1. The van der Waals surface area contributed by atoms with Gasteiger partial charge in [0.15, 0.2) is 0 Å². The summed E-state index contributed by atoms with van der Waals surface area (Å²) < 4.78 is 5.03. The summed E-state index contributed by atoms with van der Waals surface area (Å²) in [7, 11) is 1.48. The molecular formula is C11H14N2O3. The quantitative estimate of drug-likeness (QED) is 0.781. The molecule has 1 aromatic rings. The largest absolute Gasteiger partial charge is 0.480 e. The van der Waals surface area contributed by atoms with E-state index in [-0.39, 0.29) is 5.91 Å². The zero-order chi connectivity index (χ0) is 11.5. The minimum absolute atomic E-state index is 0.137. The summed E-state index contributed by atoms with van der Waals surface area (Å²) >= 11 is 0. The van der Waals surface area contributed by atoms with Gasteiger partial charge in [-0.15, -0.1) is 0 Å². The standard InChI is InChI=1S/C11H14N2O3/c1-16-10-9(3-2-5-12-10)11(15)13-6-4-8(14)7-13/h2-3,5,8,14H,4,6-7H2,1H3. The van der Waals surface area contributed by atoms with Crippen LogP contribution >= 0.6 is 0 Å². The second kappa shape index (κ2) is 4.49. The number of methoxy groups -OCH3 is 1. The van der Waals surface area contributed by atoms with Crippen molar-refractivity contribution in [2.24, 2.45) is 0 Å². The molecule has 1 fully saturated rings. The molecule has 16 heavy (non-hydrogen) atoms. The molecule has 1 atom stereocenters. The summed E-state index contributed by atoms with van der Waals surface area (Å²) in [6.45, 7) is 0.967. The number of hydrogen-bond donors (Lipinski definition) is 1. The predicted octanol–water partition coefficient (Wildman–Crippen LogP) is 0.297. The number of aliphatic hydroxyl groups is 1. The van der Waals surface area contributed by atoms with Crippen LogP contribution in [0.15, 0.2) is 18.3 Å². The van der Waals surface area contributed by atoms with Crippen LogP contribution in [0.3, 0.4) is 0 Å². The minimum Gasteiger partial charge on any atom is -0.480 e. The molecule has 0 bridgehead atoms. The van der Waals surface area contributed by atoms with E-state index in [1.54, 1.807) is 23.2 Å². The van der Waals surface area contributed by atoms with Crippen LogP contribution in [0.4, 0.5) is 0 Å². The van der Waals surface area contributed by atoms with Crippen molar-refractivity contribution in [1.82, 2.24) is 9.88 Å². The van der Waals surface area contributed by atoms with Crippen LogP contribution in [0.1, 0.15) is 16.8 Å². The number of hydrogen-bond acceptors (Lipinski definition) is 4. The molecule has 0 spiro atoms. The monoisotopic (exact) mass is 222 g/mol. The summed E-state index contributed by atoms with van der Waals surface area (Å²) in [4.78, 5) is 17.7. The Kier molecular flexibility index (Phi) is 3.05.